The van der Waals surface area contributed by atoms with Crippen LogP contribution in [0.2, 0.25) is 0 Å². The Bertz CT molecular complexity index is 592. The molecule has 0 unspecified atom stereocenters. The van der Waals surface area contributed by atoms with Crippen LogP contribution in [0.1, 0.15) is 15.2 Å². The van der Waals surface area contributed by atoms with Gasteiger partial charge in [-0.05, 0) is 58.2 Å². The van der Waals surface area contributed by atoms with E-state index in [0.717, 1.165) is 16.0 Å². The fraction of sp³-hybridized carbons (Fsp3) is 0.0833. The maximum atomic E-state index is 13.3. The molecule has 0 amide bonds. The number of carboxylic acid groups (broad SMARTS) is 1. The van der Waals surface area contributed by atoms with Crippen molar-refractivity contribution in [2.75, 3.05) is 0 Å². The SMILES string of the molecule is Cc1cc(F)c(Br)cc1-c1ccc(C(=O)O)s1. The average Bonchev–Trinajstić information content (AvgIpc) is 2.72. The van der Waals surface area contributed by atoms with Crippen molar-refractivity contribution in [1.29, 1.82) is 0 Å². The molecule has 0 saturated heterocycles. The number of hydrogen-bond donors (Lipinski definition) is 1. The van der Waals surface area contributed by atoms with E-state index < -0.39 is 5.97 Å². The second kappa shape index (κ2) is 4.58. The van der Waals surface area contributed by atoms with Crippen LogP contribution in [-0.4, -0.2) is 11.1 Å². The molecule has 88 valence electrons. The lowest BCUT2D eigenvalue weighted by atomic mass is 10.1. The first-order valence-corrected chi connectivity index (χ1v) is 6.39. The van der Waals surface area contributed by atoms with Gasteiger partial charge in [-0.3, -0.25) is 0 Å². The third kappa shape index (κ3) is 2.40. The molecular weight excluding hydrogens is 307 g/mol. The monoisotopic (exact) mass is 314 g/mol. The predicted molar refractivity (Wildman–Crippen MR) is 69.1 cm³/mol. The van der Waals surface area contributed by atoms with Gasteiger partial charge in [-0.25, -0.2) is 9.18 Å². The summed E-state index contributed by atoms with van der Waals surface area (Å²) in [7, 11) is 0. The van der Waals surface area contributed by atoms with Gasteiger partial charge in [-0.1, -0.05) is 0 Å². The number of halogens is 2. The van der Waals surface area contributed by atoms with Gasteiger partial charge in [-0.15, -0.1) is 11.3 Å². The normalized spacial score (nSPS) is 10.5. The summed E-state index contributed by atoms with van der Waals surface area (Å²) in [6.07, 6.45) is 0. The summed E-state index contributed by atoms with van der Waals surface area (Å²) in [5, 5.41) is 8.85. The van der Waals surface area contributed by atoms with Crippen LogP contribution in [0.5, 0.6) is 0 Å². The Morgan fingerprint density at radius 3 is 2.71 bits per heavy atom. The number of aromatic carboxylic acids is 1. The standard InChI is InChI=1S/C12H8BrFO2S/c1-6-4-9(14)8(13)5-7(6)10-2-3-11(17-10)12(15)16/h2-5H,1H3,(H,15,16). The molecule has 1 N–H and O–H groups in total. The largest absolute Gasteiger partial charge is 0.477 e. The second-order valence-electron chi connectivity index (χ2n) is 3.55. The van der Waals surface area contributed by atoms with Crippen LogP contribution in [0.15, 0.2) is 28.7 Å². The van der Waals surface area contributed by atoms with Crippen molar-refractivity contribution in [2.24, 2.45) is 0 Å². The summed E-state index contributed by atoms with van der Waals surface area (Å²) in [5.41, 5.74) is 1.63. The summed E-state index contributed by atoms with van der Waals surface area (Å²) >= 11 is 4.31. The minimum Gasteiger partial charge on any atom is -0.477 e. The van der Waals surface area contributed by atoms with E-state index in [9.17, 15) is 9.18 Å². The van der Waals surface area contributed by atoms with Gasteiger partial charge in [0.05, 0.1) is 4.47 Å². The van der Waals surface area contributed by atoms with Gasteiger partial charge in [0, 0.05) is 4.88 Å². The molecule has 1 heterocycles. The Hall–Kier alpha value is -1.20. The van der Waals surface area contributed by atoms with Gasteiger partial charge >= 0.3 is 5.97 Å². The first kappa shape index (κ1) is 12.3. The van der Waals surface area contributed by atoms with Crippen molar-refractivity contribution in [2.45, 2.75) is 6.92 Å². The first-order chi connectivity index (χ1) is 7.99. The van der Waals surface area contributed by atoms with Crippen molar-refractivity contribution in [1.82, 2.24) is 0 Å². The third-order valence-corrected chi connectivity index (χ3v) is 4.06. The van der Waals surface area contributed by atoms with E-state index >= 15 is 0 Å². The molecule has 0 spiro atoms. The molecule has 2 nitrogen and oxygen atoms in total. The fourth-order valence-corrected chi connectivity index (χ4v) is 2.78. The number of carboxylic acids is 1. The molecule has 2 aromatic rings. The molecule has 0 aliphatic heterocycles. The zero-order chi connectivity index (χ0) is 12.6. The van der Waals surface area contributed by atoms with Crippen LogP contribution in [0.4, 0.5) is 4.39 Å². The molecule has 17 heavy (non-hydrogen) atoms. The summed E-state index contributed by atoms with van der Waals surface area (Å²) in [6, 6.07) is 6.39. The van der Waals surface area contributed by atoms with Gasteiger partial charge in [-0.2, -0.15) is 0 Å². The summed E-state index contributed by atoms with van der Waals surface area (Å²) < 4.78 is 13.6. The van der Waals surface area contributed by atoms with E-state index in [1.54, 1.807) is 25.1 Å². The van der Waals surface area contributed by atoms with E-state index in [4.69, 9.17) is 5.11 Å². The van der Waals surface area contributed by atoms with Gasteiger partial charge in [0.25, 0.3) is 0 Å². The van der Waals surface area contributed by atoms with Crippen LogP contribution in [0, 0.1) is 12.7 Å². The highest BCUT2D eigenvalue weighted by Gasteiger charge is 2.12. The maximum absolute atomic E-state index is 13.3. The zero-order valence-corrected chi connectivity index (χ0v) is 11.2. The first-order valence-electron chi connectivity index (χ1n) is 4.78. The molecule has 1 aromatic carbocycles. The van der Waals surface area contributed by atoms with Gasteiger partial charge in [0.2, 0.25) is 0 Å². The Labute approximate surface area is 110 Å². The third-order valence-electron chi connectivity index (χ3n) is 2.35. The summed E-state index contributed by atoms with van der Waals surface area (Å²) in [4.78, 5) is 11.9. The Balaban J connectivity index is 2.52. The molecule has 0 atom stereocenters. The van der Waals surface area contributed by atoms with E-state index in [1.807, 2.05) is 0 Å². The zero-order valence-electron chi connectivity index (χ0n) is 8.83. The lowest BCUT2D eigenvalue weighted by Gasteiger charge is -2.04. The topological polar surface area (TPSA) is 37.3 Å². The smallest absolute Gasteiger partial charge is 0.345 e. The summed E-state index contributed by atoms with van der Waals surface area (Å²) in [6.45, 7) is 1.80. The molecular formula is C12H8BrFO2S. The van der Waals surface area contributed by atoms with Crippen LogP contribution in [0.25, 0.3) is 10.4 Å². The molecule has 0 radical (unpaired) electrons. The Morgan fingerprint density at radius 1 is 1.41 bits per heavy atom. The quantitative estimate of drug-likeness (QED) is 0.896. The van der Waals surface area contributed by atoms with Crippen LogP contribution < -0.4 is 0 Å². The molecule has 0 aliphatic carbocycles. The fourth-order valence-electron chi connectivity index (χ4n) is 1.51. The Kier molecular flexibility index (Phi) is 3.31. The van der Waals surface area contributed by atoms with E-state index in [0.29, 0.717) is 4.47 Å². The Morgan fingerprint density at radius 2 is 2.12 bits per heavy atom. The molecule has 0 saturated carbocycles. The predicted octanol–water partition coefficient (Wildman–Crippen LogP) is 4.32. The second-order valence-corrected chi connectivity index (χ2v) is 5.49. The van der Waals surface area contributed by atoms with Crippen molar-refractivity contribution < 1.29 is 14.3 Å². The molecule has 5 heteroatoms. The van der Waals surface area contributed by atoms with Gasteiger partial charge in [0.15, 0.2) is 0 Å². The minimum atomic E-state index is -0.944. The highest BCUT2D eigenvalue weighted by atomic mass is 79.9. The van der Waals surface area contributed by atoms with Crippen molar-refractivity contribution in [3.63, 3.8) is 0 Å². The average molecular weight is 315 g/mol. The highest BCUT2D eigenvalue weighted by molar-refractivity contribution is 9.10. The lowest BCUT2D eigenvalue weighted by Crippen LogP contribution is -1.89. The highest BCUT2D eigenvalue weighted by Crippen LogP contribution is 2.33. The minimum absolute atomic E-state index is 0.278. The van der Waals surface area contributed by atoms with Crippen molar-refractivity contribution >= 4 is 33.2 Å². The van der Waals surface area contributed by atoms with E-state index in [2.05, 4.69) is 15.9 Å². The van der Waals surface area contributed by atoms with E-state index in [1.165, 1.54) is 17.4 Å². The van der Waals surface area contributed by atoms with E-state index in [-0.39, 0.29) is 10.7 Å². The van der Waals surface area contributed by atoms with Crippen molar-refractivity contribution in [3.05, 3.63) is 45.0 Å². The molecule has 0 fully saturated rings. The number of thiophene rings is 1. The van der Waals surface area contributed by atoms with Gasteiger partial charge in [0.1, 0.15) is 10.7 Å². The number of hydrogen-bond acceptors (Lipinski definition) is 2. The lowest BCUT2D eigenvalue weighted by molar-refractivity contribution is 0.0702. The molecule has 0 aliphatic rings. The molecule has 0 bridgehead atoms. The van der Waals surface area contributed by atoms with Gasteiger partial charge < -0.3 is 5.11 Å². The molecule has 2 rings (SSSR count). The van der Waals surface area contributed by atoms with Crippen LogP contribution in [-0.2, 0) is 0 Å². The van der Waals surface area contributed by atoms with Crippen molar-refractivity contribution in [3.8, 4) is 10.4 Å². The number of carbonyl (C=O) groups is 1. The number of benzene rings is 1. The van der Waals surface area contributed by atoms with Crippen LogP contribution in [0.3, 0.4) is 0 Å². The maximum Gasteiger partial charge on any atom is 0.345 e. The molecule has 1 aromatic heterocycles. The number of aryl methyl sites for hydroxylation is 1. The van der Waals surface area contributed by atoms with Crippen LogP contribution >= 0.6 is 27.3 Å². The summed E-state index contributed by atoms with van der Waals surface area (Å²) in [5.74, 6) is -1.26. The number of rotatable bonds is 2.